The minimum absolute atomic E-state index is 0.119. The summed E-state index contributed by atoms with van der Waals surface area (Å²) in [5.41, 5.74) is 1.23. The van der Waals surface area contributed by atoms with Crippen LogP contribution in [0.15, 0.2) is 30.3 Å². The SMILES string of the molecule is CN1CCN(C(=O)NC2CCCCC2)C(c2ccccc2)C1. The second-order valence-electron chi connectivity index (χ2n) is 6.67. The van der Waals surface area contributed by atoms with Gasteiger partial charge in [0.05, 0.1) is 6.04 Å². The van der Waals surface area contributed by atoms with Gasteiger partial charge in [-0.3, -0.25) is 0 Å². The number of nitrogens with one attached hydrogen (secondary N) is 1. The molecule has 1 heterocycles. The highest BCUT2D eigenvalue weighted by Gasteiger charge is 2.31. The van der Waals surface area contributed by atoms with Crippen molar-refractivity contribution in [3.8, 4) is 0 Å². The highest BCUT2D eigenvalue weighted by atomic mass is 16.2. The van der Waals surface area contributed by atoms with Gasteiger partial charge in [-0.2, -0.15) is 0 Å². The lowest BCUT2D eigenvalue weighted by Crippen LogP contribution is -2.54. The quantitative estimate of drug-likeness (QED) is 0.911. The zero-order valence-electron chi connectivity index (χ0n) is 13.5. The smallest absolute Gasteiger partial charge is 0.318 e. The van der Waals surface area contributed by atoms with Gasteiger partial charge in [0.2, 0.25) is 0 Å². The number of nitrogens with zero attached hydrogens (tertiary/aromatic N) is 2. The monoisotopic (exact) mass is 301 g/mol. The molecule has 1 aliphatic heterocycles. The Bertz CT molecular complexity index is 484. The first kappa shape index (κ1) is 15.3. The molecule has 4 heteroatoms. The fourth-order valence-corrected chi connectivity index (χ4v) is 3.63. The van der Waals surface area contributed by atoms with Crippen LogP contribution in [0.5, 0.6) is 0 Å². The number of urea groups is 1. The first-order valence-corrected chi connectivity index (χ1v) is 8.54. The highest BCUT2D eigenvalue weighted by molar-refractivity contribution is 5.75. The van der Waals surface area contributed by atoms with Gasteiger partial charge in [-0.15, -0.1) is 0 Å². The number of carbonyl (C=O) groups is 1. The molecule has 120 valence electrons. The summed E-state index contributed by atoms with van der Waals surface area (Å²) in [4.78, 5) is 17.1. The summed E-state index contributed by atoms with van der Waals surface area (Å²) in [6.45, 7) is 2.65. The van der Waals surface area contributed by atoms with Gasteiger partial charge in [0, 0.05) is 25.7 Å². The number of hydrogen-bond donors (Lipinski definition) is 1. The van der Waals surface area contributed by atoms with E-state index in [1.807, 2.05) is 11.0 Å². The third kappa shape index (κ3) is 3.61. The lowest BCUT2D eigenvalue weighted by Gasteiger charge is -2.41. The maximum absolute atomic E-state index is 12.8. The molecule has 1 aromatic carbocycles. The molecular weight excluding hydrogens is 274 g/mol. The van der Waals surface area contributed by atoms with Gasteiger partial charge in [-0.05, 0) is 25.5 Å². The molecule has 1 saturated heterocycles. The average molecular weight is 301 g/mol. The highest BCUT2D eigenvalue weighted by Crippen LogP contribution is 2.25. The van der Waals surface area contributed by atoms with E-state index in [1.165, 1.54) is 24.8 Å². The molecule has 3 rings (SSSR count). The van der Waals surface area contributed by atoms with Crippen molar-refractivity contribution in [1.29, 1.82) is 0 Å². The van der Waals surface area contributed by atoms with Crippen molar-refractivity contribution >= 4 is 6.03 Å². The summed E-state index contributed by atoms with van der Waals surface area (Å²) >= 11 is 0. The van der Waals surface area contributed by atoms with Crippen LogP contribution in [-0.2, 0) is 0 Å². The van der Waals surface area contributed by atoms with Gasteiger partial charge < -0.3 is 15.1 Å². The van der Waals surface area contributed by atoms with E-state index in [0.717, 1.165) is 32.5 Å². The fraction of sp³-hybridized carbons (Fsp3) is 0.611. The van der Waals surface area contributed by atoms with E-state index >= 15 is 0 Å². The van der Waals surface area contributed by atoms with Crippen LogP contribution in [0, 0.1) is 0 Å². The van der Waals surface area contributed by atoms with E-state index in [9.17, 15) is 4.79 Å². The molecule has 0 radical (unpaired) electrons. The lowest BCUT2D eigenvalue weighted by atomic mass is 9.95. The van der Waals surface area contributed by atoms with Crippen LogP contribution >= 0.6 is 0 Å². The first-order chi connectivity index (χ1) is 10.7. The Morgan fingerprint density at radius 1 is 1.09 bits per heavy atom. The third-order valence-corrected chi connectivity index (χ3v) is 4.96. The van der Waals surface area contributed by atoms with Crippen molar-refractivity contribution in [2.75, 3.05) is 26.7 Å². The summed E-state index contributed by atoms with van der Waals surface area (Å²) in [7, 11) is 2.13. The van der Waals surface area contributed by atoms with Gasteiger partial charge in [0.1, 0.15) is 0 Å². The molecule has 4 nitrogen and oxygen atoms in total. The van der Waals surface area contributed by atoms with Crippen molar-refractivity contribution in [2.45, 2.75) is 44.2 Å². The predicted molar refractivity (Wildman–Crippen MR) is 88.8 cm³/mol. The minimum Gasteiger partial charge on any atom is -0.335 e. The molecule has 1 aliphatic carbocycles. The van der Waals surface area contributed by atoms with Crippen LogP contribution in [0.25, 0.3) is 0 Å². The van der Waals surface area contributed by atoms with Gasteiger partial charge in [-0.1, -0.05) is 49.6 Å². The Kier molecular flexibility index (Phi) is 4.98. The molecule has 0 aromatic heterocycles. The topological polar surface area (TPSA) is 35.6 Å². The van der Waals surface area contributed by atoms with Crippen LogP contribution in [0.2, 0.25) is 0 Å². The number of piperazine rings is 1. The van der Waals surface area contributed by atoms with E-state index in [0.29, 0.717) is 6.04 Å². The van der Waals surface area contributed by atoms with Gasteiger partial charge in [0.25, 0.3) is 0 Å². The lowest BCUT2D eigenvalue weighted by molar-refractivity contribution is 0.106. The predicted octanol–water partition coefficient (Wildman–Crippen LogP) is 3.02. The van der Waals surface area contributed by atoms with E-state index in [2.05, 4.69) is 41.5 Å². The summed E-state index contributed by atoms with van der Waals surface area (Å²) < 4.78 is 0. The van der Waals surface area contributed by atoms with Crippen LogP contribution in [-0.4, -0.2) is 48.6 Å². The van der Waals surface area contributed by atoms with Crippen molar-refractivity contribution in [3.05, 3.63) is 35.9 Å². The second-order valence-corrected chi connectivity index (χ2v) is 6.67. The number of rotatable bonds is 2. The van der Waals surface area contributed by atoms with Gasteiger partial charge >= 0.3 is 6.03 Å². The molecule has 2 aliphatic rings. The third-order valence-electron chi connectivity index (χ3n) is 4.96. The molecule has 2 fully saturated rings. The van der Waals surface area contributed by atoms with Gasteiger partial charge in [0.15, 0.2) is 0 Å². The van der Waals surface area contributed by atoms with Crippen LogP contribution in [0.4, 0.5) is 4.79 Å². The largest absolute Gasteiger partial charge is 0.335 e. The Morgan fingerprint density at radius 2 is 1.82 bits per heavy atom. The molecule has 1 atom stereocenters. The zero-order chi connectivity index (χ0) is 15.4. The van der Waals surface area contributed by atoms with E-state index in [1.54, 1.807) is 0 Å². The Labute approximate surface area is 133 Å². The second kappa shape index (κ2) is 7.14. The minimum atomic E-state index is 0.119. The van der Waals surface area contributed by atoms with E-state index < -0.39 is 0 Å². The molecule has 1 aromatic rings. The zero-order valence-corrected chi connectivity index (χ0v) is 13.5. The van der Waals surface area contributed by atoms with Crippen molar-refractivity contribution < 1.29 is 4.79 Å². The molecule has 0 spiro atoms. The van der Waals surface area contributed by atoms with Crippen LogP contribution in [0.1, 0.15) is 43.7 Å². The molecule has 1 saturated carbocycles. The average Bonchev–Trinajstić information content (AvgIpc) is 2.56. The molecule has 0 bridgehead atoms. The maximum atomic E-state index is 12.8. The maximum Gasteiger partial charge on any atom is 0.318 e. The van der Waals surface area contributed by atoms with E-state index in [-0.39, 0.29) is 12.1 Å². The molecule has 1 unspecified atom stereocenters. The van der Waals surface area contributed by atoms with E-state index in [4.69, 9.17) is 0 Å². The summed E-state index contributed by atoms with van der Waals surface area (Å²) in [6, 6.07) is 11.1. The normalized spacial score (nSPS) is 24.2. The van der Waals surface area contributed by atoms with Crippen molar-refractivity contribution in [2.24, 2.45) is 0 Å². The van der Waals surface area contributed by atoms with Gasteiger partial charge in [-0.25, -0.2) is 4.79 Å². The number of carbonyl (C=O) groups excluding carboxylic acids is 1. The first-order valence-electron chi connectivity index (χ1n) is 8.54. The Morgan fingerprint density at radius 3 is 2.55 bits per heavy atom. The molecule has 2 amide bonds. The van der Waals surface area contributed by atoms with Crippen molar-refractivity contribution in [1.82, 2.24) is 15.1 Å². The number of amides is 2. The summed E-state index contributed by atoms with van der Waals surface area (Å²) in [5.74, 6) is 0. The molecular formula is C18H27N3O. The van der Waals surface area contributed by atoms with Crippen LogP contribution < -0.4 is 5.32 Å². The standard InChI is InChI=1S/C18H27N3O/c1-20-12-13-21(17(14-20)15-8-4-2-5-9-15)18(22)19-16-10-6-3-7-11-16/h2,4-5,8-9,16-17H,3,6-7,10-14H2,1H3,(H,19,22). The molecule has 1 N–H and O–H groups in total. The number of hydrogen-bond acceptors (Lipinski definition) is 2. The van der Waals surface area contributed by atoms with Crippen LogP contribution in [0.3, 0.4) is 0 Å². The number of likely N-dealkylation sites (N-methyl/N-ethyl adjacent to an activating group) is 1. The summed E-state index contributed by atoms with van der Waals surface area (Å²) in [6.07, 6.45) is 6.07. The Hall–Kier alpha value is -1.55. The van der Waals surface area contributed by atoms with Crippen molar-refractivity contribution in [3.63, 3.8) is 0 Å². The summed E-state index contributed by atoms with van der Waals surface area (Å²) in [5, 5.41) is 3.27. The number of benzene rings is 1. The molecule has 22 heavy (non-hydrogen) atoms. The fourth-order valence-electron chi connectivity index (χ4n) is 3.63. The Balaban J connectivity index is 1.70.